The zero-order valence-electron chi connectivity index (χ0n) is 15.5. The van der Waals surface area contributed by atoms with E-state index < -0.39 is 5.91 Å². The second-order valence-electron chi connectivity index (χ2n) is 6.23. The van der Waals surface area contributed by atoms with Crippen LogP contribution in [-0.2, 0) is 4.79 Å². The topological polar surface area (TPSA) is 106 Å². The Balaban J connectivity index is 1.36. The van der Waals surface area contributed by atoms with Crippen LogP contribution < -0.4 is 25.6 Å². The Morgan fingerprint density at radius 2 is 1.55 bits per heavy atom. The SMILES string of the molecule is O=C(CCCNC(=O)c1ccc(Cl)cc1)NNC(=O)c1ccc2c(c1)OCCO2. The number of hydrogen-bond donors (Lipinski definition) is 3. The summed E-state index contributed by atoms with van der Waals surface area (Å²) >= 11 is 5.78. The molecule has 152 valence electrons. The highest BCUT2D eigenvalue weighted by molar-refractivity contribution is 6.30. The smallest absolute Gasteiger partial charge is 0.269 e. The van der Waals surface area contributed by atoms with Crippen LogP contribution in [0.15, 0.2) is 42.5 Å². The van der Waals surface area contributed by atoms with Crippen LogP contribution in [0.2, 0.25) is 5.02 Å². The molecular weight excluding hydrogens is 398 g/mol. The molecule has 29 heavy (non-hydrogen) atoms. The first-order valence-electron chi connectivity index (χ1n) is 9.05. The molecule has 2 aromatic rings. The molecule has 1 aliphatic rings. The van der Waals surface area contributed by atoms with E-state index in [9.17, 15) is 14.4 Å². The first-order valence-corrected chi connectivity index (χ1v) is 9.43. The summed E-state index contributed by atoms with van der Waals surface area (Å²) in [5.74, 6) is 0.00104. The van der Waals surface area contributed by atoms with E-state index in [0.29, 0.717) is 53.8 Å². The summed E-state index contributed by atoms with van der Waals surface area (Å²) in [7, 11) is 0. The largest absolute Gasteiger partial charge is 0.486 e. The molecule has 0 radical (unpaired) electrons. The van der Waals surface area contributed by atoms with Crippen LogP contribution in [0.1, 0.15) is 33.6 Å². The Kier molecular flexibility index (Phi) is 6.91. The summed E-state index contributed by atoms with van der Waals surface area (Å²) in [5, 5.41) is 3.27. The summed E-state index contributed by atoms with van der Waals surface area (Å²) in [6.07, 6.45) is 0.563. The molecule has 0 fully saturated rings. The number of hydrogen-bond acceptors (Lipinski definition) is 5. The fourth-order valence-corrected chi connectivity index (χ4v) is 2.73. The Hall–Kier alpha value is -3.26. The van der Waals surface area contributed by atoms with Crippen LogP contribution >= 0.6 is 11.6 Å². The van der Waals surface area contributed by atoms with Gasteiger partial charge in [0.15, 0.2) is 11.5 Å². The molecule has 3 amide bonds. The maximum absolute atomic E-state index is 12.1. The van der Waals surface area contributed by atoms with E-state index in [4.69, 9.17) is 21.1 Å². The molecule has 9 heteroatoms. The van der Waals surface area contributed by atoms with Crippen LogP contribution in [0.25, 0.3) is 0 Å². The highest BCUT2D eigenvalue weighted by atomic mass is 35.5. The molecule has 3 N–H and O–H groups in total. The number of ether oxygens (including phenoxy) is 2. The zero-order valence-corrected chi connectivity index (χ0v) is 16.3. The van der Waals surface area contributed by atoms with Crippen LogP contribution in [0.4, 0.5) is 0 Å². The standard InChI is InChI=1S/C20H20ClN3O5/c21-15-6-3-13(4-7-15)19(26)22-9-1-2-18(25)23-24-20(27)14-5-8-16-17(12-14)29-11-10-28-16/h3-8,12H,1-2,9-11H2,(H,22,26)(H,23,25)(H,24,27). The number of hydrazine groups is 1. The van der Waals surface area contributed by atoms with Crippen LogP contribution in [0.5, 0.6) is 11.5 Å². The first-order chi connectivity index (χ1) is 14.0. The Bertz CT molecular complexity index is 901. The molecular formula is C20H20ClN3O5. The highest BCUT2D eigenvalue weighted by Gasteiger charge is 2.15. The third-order valence-electron chi connectivity index (χ3n) is 4.09. The van der Waals surface area contributed by atoms with Crippen molar-refractivity contribution in [2.75, 3.05) is 19.8 Å². The van der Waals surface area contributed by atoms with Gasteiger partial charge in [-0.1, -0.05) is 11.6 Å². The van der Waals surface area contributed by atoms with Gasteiger partial charge in [0.2, 0.25) is 5.91 Å². The van der Waals surface area contributed by atoms with Crippen LogP contribution in [0.3, 0.4) is 0 Å². The molecule has 1 aliphatic heterocycles. The van der Waals surface area contributed by atoms with Gasteiger partial charge < -0.3 is 14.8 Å². The van der Waals surface area contributed by atoms with E-state index >= 15 is 0 Å². The van der Waals surface area contributed by atoms with Crippen molar-refractivity contribution in [2.45, 2.75) is 12.8 Å². The monoisotopic (exact) mass is 417 g/mol. The van der Waals surface area contributed by atoms with Crippen molar-refractivity contribution >= 4 is 29.3 Å². The number of carbonyl (C=O) groups is 3. The molecule has 0 spiro atoms. The molecule has 0 saturated carbocycles. The van der Waals surface area contributed by atoms with Crippen LogP contribution in [-0.4, -0.2) is 37.5 Å². The highest BCUT2D eigenvalue weighted by Crippen LogP contribution is 2.30. The van der Waals surface area contributed by atoms with Gasteiger partial charge in [0.25, 0.3) is 11.8 Å². The minimum absolute atomic E-state index is 0.141. The fraction of sp³-hybridized carbons (Fsp3) is 0.250. The van der Waals surface area contributed by atoms with Gasteiger partial charge in [-0.25, -0.2) is 0 Å². The predicted molar refractivity (Wildman–Crippen MR) is 106 cm³/mol. The molecule has 0 saturated heterocycles. The number of carbonyl (C=O) groups excluding carboxylic acids is 3. The van der Waals surface area contributed by atoms with Crippen molar-refractivity contribution < 1.29 is 23.9 Å². The van der Waals surface area contributed by atoms with E-state index in [1.54, 1.807) is 42.5 Å². The van der Waals surface area contributed by atoms with Crippen molar-refractivity contribution in [3.05, 3.63) is 58.6 Å². The normalized spacial score (nSPS) is 12.0. The average Bonchev–Trinajstić information content (AvgIpc) is 2.75. The van der Waals surface area contributed by atoms with E-state index in [-0.39, 0.29) is 18.2 Å². The lowest BCUT2D eigenvalue weighted by Gasteiger charge is -2.18. The lowest BCUT2D eigenvalue weighted by atomic mass is 10.2. The maximum Gasteiger partial charge on any atom is 0.269 e. The molecule has 0 aliphatic carbocycles. The lowest BCUT2D eigenvalue weighted by Crippen LogP contribution is -2.41. The summed E-state index contributed by atoms with van der Waals surface area (Å²) in [5.41, 5.74) is 5.53. The summed E-state index contributed by atoms with van der Waals surface area (Å²) in [6.45, 7) is 1.21. The second-order valence-corrected chi connectivity index (χ2v) is 6.66. The molecule has 0 bridgehead atoms. The minimum Gasteiger partial charge on any atom is -0.486 e. The van der Waals surface area contributed by atoms with Gasteiger partial charge >= 0.3 is 0 Å². The van der Waals surface area contributed by atoms with Gasteiger partial charge in [-0.15, -0.1) is 0 Å². The van der Waals surface area contributed by atoms with E-state index in [1.165, 1.54) is 0 Å². The molecule has 2 aromatic carbocycles. The number of rotatable bonds is 6. The summed E-state index contributed by atoms with van der Waals surface area (Å²) in [4.78, 5) is 36.0. The Morgan fingerprint density at radius 1 is 0.862 bits per heavy atom. The van der Waals surface area contributed by atoms with E-state index in [1.807, 2.05) is 0 Å². The van der Waals surface area contributed by atoms with Crippen molar-refractivity contribution in [3.8, 4) is 11.5 Å². The fourth-order valence-electron chi connectivity index (χ4n) is 2.60. The Morgan fingerprint density at radius 3 is 2.31 bits per heavy atom. The van der Waals surface area contributed by atoms with E-state index in [0.717, 1.165) is 0 Å². The van der Waals surface area contributed by atoms with Gasteiger partial charge in [0.1, 0.15) is 13.2 Å². The van der Waals surface area contributed by atoms with Gasteiger partial charge in [0.05, 0.1) is 0 Å². The molecule has 8 nitrogen and oxygen atoms in total. The lowest BCUT2D eigenvalue weighted by molar-refractivity contribution is -0.121. The molecule has 0 atom stereocenters. The number of fused-ring (bicyclic) bond motifs is 1. The van der Waals surface area contributed by atoms with Gasteiger partial charge in [0, 0.05) is 29.1 Å². The van der Waals surface area contributed by atoms with Crippen molar-refractivity contribution in [1.29, 1.82) is 0 Å². The van der Waals surface area contributed by atoms with Gasteiger partial charge in [-0.05, 0) is 48.9 Å². The van der Waals surface area contributed by atoms with Gasteiger partial charge in [-0.3, -0.25) is 25.2 Å². The quantitative estimate of drug-likeness (QED) is 0.493. The predicted octanol–water partition coefficient (Wildman–Crippen LogP) is 2.08. The molecule has 0 unspecified atom stereocenters. The maximum atomic E-state index is 12.1. The third-order valence-corrected chi connectivity index (χ3v) is 4.34. The van der Waals surface area contributed by atoms with E-state index in [2.05, 4.69) is 16.2 Å². The number of amides is 3. The average molecular weight is 418 g/mol. The molecule has 3 rings (SSSR count). The van der Waals surface area contributed by atoms with Crippen LogP contribution in [0, 0.1) is 0 Å². The Labute approximate surface area is 172 Å². The number of benzene rings is 2. The number of nitrogens with one attached hydrogen (secondary N) is 3. The second kappa shape index (κ2) is 9.79. The first kappa shape index (κ1) is 20.5. The minimum atomic E-state index is -0.466. The third kappa shape index (κ3) is 5.86. The molecule has 1 heterocycles. The summed E-state index contributed by atoms with van der Waals surface area (Å²) in [6, 6.07) is 11.3. The summed E-state index contributed by atoms with van der Waals surface area (Å²) < 4.78 is 10.8. The molecule has 0 aromatic heterocycles. The van der Waals surface area contributed by atoms with Crippen molar-refractivity contribution in [1.82, 2.24) is 16.2 Å². The number of halogens is 1. The van der Waals surface area contributed by atoms with Crippen molar-refractivity contribution in [2.24, 2.45) is 0 Å². The zero-order chi connectivity index (χ0) is 20.6. The van der Waals surface area contributed by atoms with Gasteiger partial charge in [-0.2, -0.15) is 0 Å². The van der Waals surface area contributed by atoms with Crippen molar-refractivity contribution in [3.63, 3.8) is 0 Å².